The zero-order chi connectivity index (χ0) is 19.3. The van der Waals surface area contributed by atoms with Crippen molar-refractivity contribution >= 4 is 0 Å². The molecular weight excluding hydrogens is 352 g/mol. The summed E-state index contributed by atoms with van der Waals surface area (Å²) in [5.74, 6) is 4.53. The van der Waals surface area contributed by atoms with Gasteiger partial charge < -0.3 is 20.1 Å². The Labute approximate surface area is 168 Å². The minimum Gasteiger partial charge on any atom is -0.393 e. The number of rotatable bonds is 0. The van der Waals surface area contributed by atoms with Crippen molar-refractivity contribution in [3.8, 4) is 0 Å². The van der Waals surface area contributed by atoms with E-state index in [-0.39, 0.29) is 22.5 Å². The monoisotopic (exact) mass is 388 g/mol. The van der Waals surface area contributed by atoms with E-state index in [1.807, 2.05) is 0 Å². The summed E-state index contributed by atoms with van der Waals surface area (Å²) < 4.78 is 6.40. The van der Waals surface area contributed by atoms with E-state index in [4.69, 9.17) is 4.74 Å². The van der Waals surface area contributed by atoms with Gasteiger partial charge >= 0.3 is 0 Å². The van der Waals surface area contributed by atoms with E-state index in [9.17, 15) is 15.3 Å². The maximum absolute atomic E-state index is 11.9. The molecule has 7 aliphatic rings. The van der Waals surface area contributed by atoms with Crippen molar-refractivity contribution in [3.05, 3.63) is 0 Å². The molecule has 0 unspecified atom stereocenters. The minimum atomic E-state index is -0.649. The van der Waals surface area contributed by atoms with Gasteiger partial charge in [0.2, 0.25) is 0 Å². The highest BCUT2D eigenvalue weighted by molar-refractivity contribution is 5.30. The standard InChI is InChI=1S/C24H36O4/c1-21-6-3-12(25)11-23(21,27)16-9-13(16)19-15(21)4-7-22(2)20(19)14-10-17(14)24(22)8-5-18(26)28-24/h12-20,25-27H,3-11H2,1-2H3/t12-,13-,14+,15-,16+,17-,18-,19+,20+,21+,22-,23+,24-/m0/s1. The van der Waals surface area contributed by atoms with Gasteiger partial charge in [-0.2, -0.15) is 0 Å². The molecule has 0 aromatic heterocycles. The molecule has 6 saturated carbocycles. The first-order chi connectivity index (χ1) is 13.3. The Hall–Kier alpha value is -0.160. The molecule has 0 aromatic carbocycles. The number of hydrogen-bond donors (Lipinski definition) is 3. The van der Waals surface area contributed by atoms with Crippen LogP contribution >= 0.6 is 0 Å². The van der Waals surface area contributed by atoms with E-state index in [0.29, 0.717) is 36.0 Å². The lowest BCUT2D eigenvalue weighted by atomic mass is 9.42. The summed E-state index contributed by atoms with van der Waals surface area (Å²) in [5, 5.41) is 32.5. The lowest BCUT2D eigenvalue weighted by Gasteiger charge is -2.65. The molecule has 28 heavy (non-hydrogen) atoms. The molecule has 0 bridgehead atoms. The summed E-state index contributed by atoms with van der Waals surface area (Å²) in [7, 11) is 0. The molecule has 156 valence electrons. The van der Waals surface area contributed by atoms with Crippen LogP contribution in [0.1, 0.15) is 71.6 Å². The molecule has 6 aliphatic carbocycles. The smallest absolute Gasteiger partial charge is 0.155 e. The number of ether oxygens (including phenoxy) is 1. The molecule has 13 atom stereocenters. The van der Waals surface area contributed by atoms with Crippen molar-refractivity contribution in [1.29, 1.82) is 0 Å². The van der Waals surface area contributed by atoms with Gasteiger partial charge in [-0.15, -0.1) is 0 Å². The second-order valence-electron chi connectivity index (χ2n) is 12.4. The molecule has 4 heteroatoms. The van der Waals surface area contributed by atoms with Crippen molar-refractivity contribution in [1.82, 2.24) is 0 Å². The molecule has 1 heterocycles. The van der Waals surface area contributed by atoms with Crippen molar-refractivity contribution in [2.75, 3.05) is 0 Å². The largest absolute Gasteiger partial charge is 0.393 e. The molecule has 7 rings (SSSR count). The molecule has 4 nitrogen and oxygen atoms in total. The molecule has 7 fully saturated rings. The first kappa shape index (κ1) is 17.5. The topological polar surface area (TPSA) is 69.9 Å². The summed E-state index contributed by atoms with van der Waals surface area (Å²) >= 11 is 0. The van der Waals surface area contributed by atoms with Gasteiger partial charge in [-0.1, -0.05) is 13.8 Å². The zero-order valence-electron chi connectivity index (χ0n) is 17.3. The van der Waals surface area contributed by atoms with E-state index in [0.717, 1.165) is 37.5 Å². The molecular formula is C24H36O4. The molecule has 0 aromatic rings. The second kappa shape index (κ2) is 4.84. The van der Waals surface area contributed by atoms with Crippen LogP contribution in [0.3, 0.4) is 0 Å². The van der Waals surface area contributed by atoms with Crippen molar-refractivity contribution < 1.29 is 20.1 Å². The van der Waals surface area contributed by atoms with Crippen LogP contribution in [0.4, 0.5) is 0 Å². The van der Waals surface area contributed by atoms with Gasteiger partial charge in [0, 0.05) is 18.3 Å². The normalized spacial score (nSPS) is 71.2. The van der Waals surface area contributed by atoms with E-state index >= 15 is 0 Å². The van der Waals surface area contributed by atoms with Gasteiger partial charge in [0.15, 0.2) is 6.29 Å². The predicted molar refractivity (Wildman–Crippen MR) is 103 cm³/mol. The van der Waals surface area contributed by atoms with Crippen LogP contribution in [0.25, 0.3) is 0 Å². The maximum atomic E-state index is 11.9. The molecule has 0 amide bonds. The van der Waals surface area contributed by atoms with Gasteiger partial charge in [-0.05, 0) is 91.8 Å². The number of fused-ring (bicyclic) bond motifs is 12. The van der Waals surface area contributed by atoms with Crippen LogP contribution in [0, 0.1) is 52.3 Å². The number of aliphatic hydroxyl groups is 3. The molecule has 1 aliphatic heterocycles. The average Bonchev–Trinajstić information content (AvgIpc) is 3.54. The summed E-state index contributed by atoms with van der Waals surface area (Å²) in [6, 6.07) is 0. The van der Waals surface area contributed by atoms with Crippen LogP contribution in [0.2, 0.25) is 0 Å². The lowest BCUT2D eigenvalue weighted by molar-refractivity contribution is -0.247. The van der Waals surface area contributed by atoms with Crippen molar-refractivity contribution in [2.24, 2.45) is 52.3 Å². The van der Waals surface area contributed by atoms with Gasteiger partial charge in [-0.25, -0.2) is 0 Å². The van der Waals surface area contributed by atoms with Crippen LogP contribution in [0.15, 0.2) is 0 Å². The summed E-state index contributed by atoms with van der Waals surface area (Å²) in [5.41, 5.74) is -0.559. The molecule has 1 saturated heterocycles. The maximum Gasteiger partial charge on any atom is 0.155 e. The first-order valence-corrected chi connectivity index (χ1v) is 12.0. The Morgan fingerprint density at radius 3 is 2.32 bits per heavy atom. The van der Waals surface area contributed by atoms with E-state index in [1.165, 1.54) is 25.7 Å². The quantitative estimate of drug-likeness (QED) is 0.596. The van der Waals surface area contributed by atoms with Gasteiger partial charge in [0.1, 0.15) is 0 Å². The zero-order valence-corrected chi connectivity index (χ0v) is 17.3. The number of hydrogen-bond acceptors (Lipinski definition) is 4. The Kier molecular flexibility index (Phi) is 3.03. The summed E-state index contributed by atoms with van der Waals surface area (Å²) in [6.07, 6.45) is 8.25. The fraction of sp³-hybridized carbons (Fsp3) is 1.00. The lowest BCUT2D eigenvalue weighted by Crippen LogP contribution is -2.65. The van der Waals surface area contributed by atoms with Crippen molar-refractivity contribution in [2.45, 2.75) is 95.2 Å². The first-order valence-electron chi connectivity index (χ1n) is 12.0. The third kappa shape index (κ3) is 1.67. The van der Waals surface area contributed by atoms with Crippen LogP contribution in [0.5, 0.6) is 0 Å². The highest BCUT2D eigenvalue weighted by Gasteiger charge is 2.82. The fourth-order valence-electron chi connectivity index (χ4n) is 10.7. The van der Waals surface area contributed by atoms with Gasteiger partial charge in [0.05, 0.1) is 17.3 Å². The van der Waals surface area contributed by atoms with E-state index in [2.05, 4.69) is 13.8 Å². The summed E-state index contributed by atoms with van der Waals surface area (Å²) in [4.78, 5) is 0. The van der Waals surface area contributed by atoms with Crippen LogP contribution < -0.4 is 0 Å². The molecule has 3 N–H and O–H groups in total. The van der Waals surface area contributed by atoms with E-state index in [1.54, 1.807) is 0 Å². The van der Waals surface area contributed by atoms with Crippen molar-refractivity contribution in [3.63, 3.8) is 0 Å². The van der Waals surface area contributed by atoms with Gasteiger partial charge in [-0.3, -0.25) is 0 Å². The predicted octanol–water partition coefficient (Wildman–Crippen LogP) is 3.08. The highest BCUT2D eigenvalue weighted by atomic mass is 16.6. The third-order valence-corrected chi connectivity index (χ3v) is 11.9. The highest BCUT2D eigenvalue weighted by Crippen LogP contribution is 2.83. The van der Waals surface area contributed by atoms with E-state index < -0.39 is 11.9 Å². The third-order valence-electron chi connectivity index (χ3n) is 11.9. The summed E-state index contributed by atoms with van der Waals surface area (Å²) in [6.45, 7) is 4.88. The Balaban J connectivity index is 1.31. The Morgan fingerprint density at radius 2 is 1.57 bits per heavy atom. The fourth-order valence-corrected chi connectivity index (χ4v) is 10.7. The van der Waals surface area contributed by atoms with Crippen LogP contribution in [-0.2, 0) is 4.74 Å². The van der Waals surface area contributed by atoms with Crippen LogP contribution in [-0.4, -0.2) is 38.9 Å². The molecule has 0 radical (unpaired) electrons. The molecule has 1 spiro atoms. The SMILES string of the molecule is C[C@]12CC[C@H]3[C@@H]([C@H]4C[C@H]4[C@]4(O)C[C@@H](O)CC[C@]34C)[C@H]1[C@@H]1C[C@@H]1[C@@]21CC[C@@H](O)O1. The second-order valence-corrected chi connectivity index (χ2v) is 12.4. The Morgan fingerprint density at radius 1 is 0.821 bits per heavy atom. The Bertz CT molecular complexity index is 740. The number of aliphatic hydroxyl groups excluding tert-OH is 2. The average molecular weight is 389 g/mol. The van der Waals surface area contributed by atoms with Gasteiger partial charge in [0.25, 0.3) is 0 Å². The minimum absolute atomic E-state index is 0.0356.